The maximum Gasteiger partial charge on any atom is 0.234 e. The highest BCUT2D eigenvalue weighted by molar-refractivity contribution is 7.10. The summed E-state index contributed by atoms with van der Waals surface area (Å²) in [6.07, 6.45) is 4.35. The number of amides is 1. The van der Waals surface area contributed by atoms with Crippen molar-refractivity contribution < 1.29 is 4.79 Å². The lowest BCUT2D eigenvalue weighted by molar-refractivity contribution is -0.123. The minimum absolute atomic E-state index is 0.0932. The summed E-state index contributed by atoms with van der Waals surface area (Å²) in [5, 5.41) is 5.10. The molecular formula is C15H25N3OS. The Kier molecular flexibility index (Phi) is 5.57. The SMILES string of the molecule is CC(NC(=O)CN(C)C1CCC(N)CC1)c1cccs1. The molecule has 0 saturated heterocycles. The van der Waals surface area contributed by atoms with Crippen LogP contribution in [0.3, 0.4) is 0 Å². The van der Waals surface area contributed by atoms with Gasteiger partial charge in [0.25, 0.3) is 0 Å². The van der Waals surface area contributed by atoms with Gasteiger partial charge in [-0.2, -0.15) is 0 Å². The van der Waals surface area contributed by atoms with Crippen LogP contribution in [0.15, 0.2) is 17.5 Å². The molecule has 1 amide bonds. The lowest BCUT2D eigenvalue weighted by atomic mass is 9.91. The number of carbonyl (C=O) groups is 1. The van der Waals surface area contributed by atoms with Gasteiger partial charge in [-0.05, 0) is 51.1 Å². The highest BCUT2D eigenvalue weighted by Gasteiger charge is 2.23. The van der Waals surface area contributed by atoms with Crippen molar-refractivity contribution in [3.05, 3.63) is 22.4 Å². The van der Waals surface area contributed by atoms with E-state index in [0.717, 1.165) is 25.7 Å². The Balaban J connectivity index is 1.76. The van der Waals surface area contributed by atoms with Crippen LogP contribution < -0.4 is 11.1 Å². The van der Waals surface area contributed by atoms with Gasteiger partial charge in [0.05, 0.1) is 12.6 Å². The van der Waals surface area contributed by atoms with Crippen LogP contribution in [0.5, 0.6) is 0 Å². The largest absolute Gasteiger partial charge is 0.348 e. The fourth-order valence-corrected chi connectivity index (χ4v) is 3.53. The van der Waals surface area contributed by atoms with E-state index in [1.807, 2.05) is 25.4 Å². The molecule has 1 aromatic heterocycles. The zero-order valence-corrected chi connectivity index (χ0v) is 13.2. The van der Waals surface area contributed by atoms with Crippen LogP contribution in [-0.4, -0.2) is 36.5 Å². The number of hydrogen-bond acceptors (Lipinski definition) is 4. The maximum absolute atomic E-state index is 12.1. The molecule has 1 heterocycles. The molecule has 20 heavy (non-hydrogen) atoms. The standard InChI is InChI=1S/C15H25N3OS/c1-11(14-4-3-9-20-14)17-15(19)10-18(2)13-7-5-12(16)6-8-13/h3-4,9,11-13H,5-8,10,16H2,1-2H3,(H,17,19). The van der Waals surface area contributed by atoms with E-state index in [9.17, 15) is 4.79 Å². The van der Waals surface area contributed by atoms with Crippen LogP contribution >= 0.6 is 11.3 Å². The molecule has 5 heteroatoms. The van der Waals surface area contributed by atoms with Crippen LogP contribution in [0.25, 0.3) is 0 Å². The molecule has 0 aromatic carbocycles. The Hall–Kier alpha value is -0.910. The van der Waals surface area contributed by atoms with Gasteiger partial charge in [-0.15, -0.1) is 11.3 Å². The number of rotatable bonds is 5. The molecule has 1 aliphatic carbocycles. The molecule has 1 saturated carbocycles. The van der Waals surface area contributed by atoms with Gasteiger partial charge in [-0.1, -0.05) is 6.07 Å². The molecule has 1 fully saturated rings. The molecule has 1 unspecified atom stereocenters. The number of hydrogen-bond donors (Lipinski definition) is 2. The van der Waals surface area contributed by atoms with Crippen molar-refractivity contribution in [3.8, 4) is 0 Å². The number of carbonyl (C=O) groups excluding carboxylic acids is 1. The third-order valence-electron chi connectivity index (χ3n) is 4.11. The summed E-state index contributed by atoms with van der Waals surface area (Å²) in [5.74, 6) is 0.100. The summed E-state index contributed by atoms with van der Waals surface area (Å²) in [4.78, 5) is 15.5. The Morgan fingerprint density at radius 2 is 2.20 bits per heavy atom. The molecule has 2 rings (SSSR count). The van der Waals surface area contributed by atoms with Gasteiger partial charge in [0.15, 0.2) is 0 Å². The number of nitrogens with zero attached hydrogens (tertiary/aromatic N) is 1. The van der Waals surface area contributed by atoms with Gasteiger partial charge in [0, 0.05) is 17.0 Å². The molecule has 0 spiro atoms. The molecule has 1 aliphatic rings. The average Bonchev–Trinajstić information content (AvgIpc) is 2.93. The molecule has 1 aromatic rings. The van der Waals surface area contributed by atoms with Gasteiger partial charge in [-0.3, -0.25) is 9.69 Å². The van der Waals surface area contributed by atoms with E-state index in [-0.39, 0.29) is 11.9 Å². The van der Waals surface area contributed by atoms with Crippen LogP contribution in [0.2, 0.25) is 0 Å². The lowest BCUT2D eigenvalue weighted by Crippen LogP contribution is -2.44. The number of nitrogens with two attached hydrogens (primary N) is 1. The summed E-state index contributed by atoms with van der Waals surface area (Å²) in [7, 11) is 2.04. The third-order valence-corrected chi connectivity index (χ3v) is 5.16. The monoisotopic (exact) mass is 295 g/mol. The van der Waals surface area contributed by atoms with Gasteiger partial charge < -0.3 is 11.1 Å². The molecule has 4 nitrogen and oxygen atoms in total. The first kappa shape index (κ1) is 15.5. The van der Waals surface area contributed by atoms with Gasteiger partial charge in [0.2, 0.25) is 5.91 Å². The summed E-state index contributed by atoms with van der Waals surface area (Å²) in [6, 6.07) is 5.02. The van der Waals surface area contributed by atoms with E-state index in [4.69, 9.17) is 5.73 Å². The summed E-state index contributed by atoms with van der Waals surface area (Å²) in [6.45, 7) is 2.50. The highest BCUT2D eigenvalue weighted by atomic mass is 32.1. The fraction of sp³-hybridized carbons (Fsp3) is 0.667. The second-order valence-corrected chi connectivity index (χ2v) is 6.77. The van der Waals surface area contributed by atoms with Crippen molar-refractivity contribution in [1.29, 1.82) is 0 Å². The molecule has 0 bridgehead atoms. The average molecular weight is 295 g/mol. The van der Waals surface area contributed by atoms with Crippen molar-refractivity contribution in [1.82, 2.24) is 10.2 Å². The minimum atomic E-state index is 0.0932. The number of likely N-dealkylation sites (N-methyl/N-ethyl adjacent to an activating group) is 1. The Bertz CT molecular complexity index is 413. The smallest absolute Gasteiger partial charge is 0.234 e. The van der Waals surface area contributed by atoms with Gasteiger partial charge in [-0.25, -0.2) is 0 Å². The lowest BCUT2D eigenvalue weighted by Gasteiger charge is -2.33. The zero-order chi connectivity index (χ0) is 14.5. The Morgan fingerprint density at radius 1 is 1.50 bits per heavy atom. The van der Waals surface area contributed by atoms with Gasteiger partial charge in [0.1, 0.15) is 0 Å². The molecule has 1 atom stereocenters. The number of nitrogens with one attached hydrogen (secondary N) is 1. The summed E-state index contributed by atoms with van der Waals surface area (Å²) >= 11 is 1.68. The van der Waals surface area contributed by atoms with Gasteiger partial charge >= 0.3 is 0 Å². The van der Waals surface area contributed by atoms with Crippen LogP contribution in [0.1, 0.15) is 43.5 Å². The normalized spacial score (nSPS) is 24.6. The zero-order valence-electron chi connectivity index (χ0n) is 12.3. The molecule has 0 aliphatic heterocycles. The topological polar surface area (TPSA) is 58.4 Å². The third kappa shape index (κ3) is 4.30. The maximum atomic E-state index is 12.1. The molecule has 112 valence electrons. The summed E-state index contributed by atoms with van der Waals surface area (Å²) < 4.78 is 0. The molecule has 3 N–H and O–H groups in total. The first-order valence-corrected chi connectivity index (χ1v) is 8.23. The van der Waals surface area contributed by atoms with E-state index in [0.29, 0.717) is 18.6 Å². The van der Waals surface area contributed by atoms with Crippen LogP contribution in [0.4, 0.5) is 0 Å². The Morgan fingerprint density at radius 3 is 2.80 bits per heavy atom. The van der Waals surface area contributed by atoms with E-state index >= 15 is 0 Å². The van der Waals surface area contributed by atoms with Crippen molar-refractivity contribution in [2.45, 2.75) is 50.7 Å². The van der Waals surface area contributed by atoms with Crippen molar-refractivity contribution >= 4 is 17.2 Å². The summed E-state index contributed by atoms with van der Waals surface area (Å²) in [5.41, 5.74) is 5.92. The quantitative estimate of drug-likeness (QED) is 0.875. The van der Waals surface area contributed by atoms with E-state index in [2.05, 4.69) is 16.3 Å². The number of thiophene rings is 1. The molecule has 0 radical (unpaired) electrons. The van der Waals surface area contributed by atoms with E-state index in [1.165, 1.54) is 4.88 Å². The van der Waals surface area contributed by atoms with Crippen LogP contribution in [0, 0.1) is 0 Å². The van der Waals surface area contributed by atoms with Crippen LogP contribution in [-0.2, 0) is 4.79 Å². The highest BCUT2D eigenvalue weighted by Crippen LogP contribution is 2.21. The first-order chi connectivity index (χ1) is 9.56. The fourth-order valence-electron chi connectivity index (χ4n) is 2.79. The Labute approximate surface area is 125 Å². The van der Waals surface area contributed by atoms with Crippen molar-refractivity contribution in [3.63, 3.8) is 0 Å². The van der Waals surface area contributed by atoms with Crippen molar-refractivity contribution in [2.75, 3.05) is 13.6 Å². The predicted octanol–water partition coefficient (Wildman–Crippen LogP) is 2.13. The van der Waals surface area contributed by atoms with E-state index in [1.54, 1.807) is 11.3 Å². The first-order valence-electron chi connectivity index (χ1n) is 7.35. The second-order valence-electron chi connectivity index (χ2n) is 5.79. The minimum Gasteiger partial charge on any atom is -0.348 e. The van der Waals surface area contributed by atoms with Crippen molar-refractivity contribution in [2.24, 2.45) is 5.73 Å². The second kappa shape index (κ2) is 7.20. The predicted molar refractivity (Wildman–Crippen MR) is 83.7 cm³/mol. The molecular weight excluding hydrogens is 270 g/mol. The van der Waals surface area contributed by atoms with E-state index < -0.39 is 0 Å².